The quantitative estimate of drug-likeness (QED) is 0.506. The molecular formula is C6H9N. The Labute approximate surface area is 43.4 Å². The normalized spacial score (nSPS) is 9.43. The van der Waals surface area contributed by atoms with Gasteiger partial charge in [0.1, 0.15) is 0 Å². The van der Waals surface area contributed by atoms with E-state index in [1.807, 2.05) is 13.1 Å². The van der Waals surface area contributed by atoms with E-state index < -0.39 is 0 Å². The summed E-state index contributed by atoms with van der Waals surface area (Å²) < 4.78 is 0. The molecule has 0 bridgehead atoms. The maximum Gasteiger partial charge on any atom is 0.0118 e. The van der Waals surface area contributed by atoms with Gasteiger partial charge in [-0.3, -0.25) is 0 Å². The lowest BCUT2D eigenvalue weighted by Crippen LogP contribution is -1.59. The molecule has 1 aromatic heterocycles. The van der Waals surface area contributed by atoms with Crippen LogP contribution in [0.1, 0.15) is 11.3 Å². The van der Waals surface area contributed by atoms with Crippen molar-refractivity contribution in [3.05, 3.63) is 23.5 Å². The molecule has 0 radical (unpaired) electrons. The number of rotatable bonds is 0. The smallest absolute Gasteiger partial charge is 0.0118 e. The van der Waals surface area contributed by atoms with Gasteiger partial charge < -0.3 is 4.98 Å². The highest BCUT2D eigenvalue weighted by molar-refractivity contribution is 5.12. The third kappa shape index (κ3) is 0.829. The van der Waals surface area contributed by atoms with Gasteiger partial charge in [0.05, 0.1) is 0 Å². The summed E-state index contributed by atoms with van der Waals surface area (Å²) in [5.41, 5.74) is 2.54. The molecule has 1 aromatic rings. The lowest BCUT2D eigenvalue weighted by atomic mass is 10.4. The van der Waals surface area contributed by atoms with Crippen LogP contribution in [0.4, 0.5) is 0 Å². The standard InChI is InChI=1S/C6H9N/c1-5-3-6(2)7-4-5/h3-4,7H,1-2H3/i4+2. The van der Waals surface area contributed by atoms with Crippen LogP contribution in [0, 0.1) is 13.8 Å². The number of aryl methyl sites for hydroxylation is 2. The summed E-state index contributed by atoms with van der Waals surface area (Å²) in [6.45, 7) is 4.12. The van der Waals surface area contributed by atoms with Gasteiger partial charge in [-0.25, -0.2) is 0 Å². The molecule has 0 aliphatic carbocycles. The maximum absolute atomic E-state index is 3.07. The molecule has 0 spiro atoms. The van der Waals surface area contributed by atoms with Gasteiger partial charge in [-0.15, -0.1) is 0 Å². The fraction of sp³-hybridized carbons (Fsp3) is 0.333. The Balaban J connectivity index is 3.04. The van der Waals surface area contributed by atoms with Crippen LogP contribution in [-0.2, 0) is 0 Å². The highest BCUT2D eigenvalue weighted by atomic mass is 15.1. The molecule has 0 aromatic carbocycles. The number of H-pyrrole nitrogens is 1. The number of hydrogen-bond acceptors (Lipinski definition) is 0. The average Bonchev–Trinajstić information content (AvgIpc) is 1.87. The van der Waals surface area contributed by atoms with Crippen molar-refractivity contribution < 1.29 is 0 Å². The molecule has 38 valence electrons. The number of hydrogen-bond donors (Lipinski definition) is 1. The van der Waals surface area contributed by atoms with E-state index in [-0.39, 0.29) is 0 Å². The fourth-order valence-corrected chi connectivity index (χ4v) is 0.653. The molecule has 1 N–H and O–H groups in total. The van der Waals surface area contributed by atoms with Crippen LogP contribution in [0.15, 0.2) is 12.3 Å². The minimum atomic E-state index is 1.23. The fourth-order valence-electron chi connectivity index (χ4n) is 0.653. The Bertz CT molecular complexity index is 136. The van der Waals surface area contributed by atoms with Crippen molar-refractivity contribution in [3.8, 4) is 0 Å². The second-order valence-electron chi connectivity index (χ2n) is 1.86. The van der Waals surface area contributed by atoms with Crippen molar-refractivity contribution >= 4 is 0 Å². The predicted octanol–water partition coefficient (Wildman–Crippen LogP) is 1.63. The van der Waals surface area contributed by atoms with Crippen molar-refractivity contribution in [2.24, 2.45) is 0 Å². The Morgan fingerprint density at radius 1 is 1.57 bits per heavy atom. The van der Waals surface area contributed by atoms with E-state index in [4.69, 9.17) is 0 Å². The van der Waals surface area contributed by atoms with Gasteiger partial charge >= 0.3 is 0 Å². The Kier molecular flexibility index (Phi) is 0.895. The van der Waals surface area contributed by atoms with Gasteiger partial charge in [-0.05, 0) is 25.5 Å². The lowest BCUT2D eigenvalue weighted by molar-refractivity contribution is 1.26. The lowest BCUT2D eigenvalue weighted by Gasteiger charge is -1.71. The Morgan fingerprint density at radius 3 is 2.43 bits per heavy atom. The zero-order chi connectivity index (χ0) is 5.28. The number of nitrogens with one attached hydrogen (secondary N) is 1. The summed E-state index contributed by atoms with van der Waals surface area (Å²) in [5, 5.41) is 0. The third-order valence-corrected chi connectivity index (χ3v) is 0.972. The van der Waals surface area contributed by atoms with E-state index in [0.717, 1.165) is 0 Å². The summed E-state index contributed by atoms with van der Waals surface area (Å²) in [7, 11) is 0. The van der Waals surface area contributed by atoms with E-state index in [1.165, 1.54) is 11.3 Å². The molecular weight excluding hydrogens is 88.1 g/mol. The molecule has 0 fully saturated rings. The highest BCUT2D eigenvalue weighted by Gasteiger charge is 1.82. The average molecular weight is 97.1 g/mol. The number of aromatic nitrogens is 1. The molecule has 0 atom stereocenters. The highest BCUT2D eigenvalue weighted by Crippen LogP contribution is 1.97. The molecule has 0 amide bonds. The summed E-state index contributed by atoms with van der Waals surface area (Å²) >= 11 is 0. The molecule has 0 unspecified atom stereocenters. The van der Waals surface area contributed by atoms with Crippen LogP contribution >= 0.6 is 0 Å². The Hall–Kier alpha value is -0.720. The first-order valence-electron chi connectivity index (χ1n) is 2.40. The van der Waals surface area contributed by atoms with E-state index in [1.54, 1.807) is 0 Å². The SMILES string of the molecule is Cc1cc(C)[nH][14cH]1. The van der Waals surface area contributed by atoms with Crippen molar-refractivity contribution in [1.82, 2.24) is 4.98 Å². The molecule has 0 saturated carbocycles. The molecule has 7 heavy (non-hydrogen) atoms. The molecule has 1 heteroatoms. The molecule has 0 saturated heterocycles. The van der Waals surface area contributed by atoms with Gasteiger partial charge in [0, 0.05) is 11.9 Å². The summed E-state index contributed by atoms with van der Waals surface area (Å²) in [5.74, 6) is 0. The molecule has 1 heterocycles. The van der Waals surface area contributed by atoms with Crippen molar-refractivity contribution in [2.45, 2.75) is 13.8 Å². The van der Waals surface area contributed by atoms with E-state index >= 15 is 0 Å². The van der Waals surface area contributed by atoms with E-state index in [0.29, 0.717) is 0 Å². The Morgan fingerprint density at radius 2 is 2.29 bits per heavy atom. The van der Waals surface area contributed by atoms with Crippen LogP contribution in [-0.4, -0.2) is 4.98 Å². The van der Waals surface area contributed by atoms with Crippen LogP contribution < -0.4 is 0 Å². The number of aromatic amines is 1. The van der Waals surface area contributed by atoms with E-state index in [2.05, 4.69) is 18.0 Å². The summed E-state index contributed by atoms with van der Waals surface area (Å²) in [6.07, 6.45) is 2.00. The zero-order valence-electron chi connectivity index (χ0n) is 4.65. The van der Waals surface area contributed by atoms with Gasteiger partial charge in [-0.2, -0.15) is 0 Å². The first kappa shape index (κ1) is 4.44. The first-order chi connectivity index (χ1) is 3.29. The van der Waals surface area contributed by atoms with Gasteiger partial charge in [-0.1, -0.05) is 0 Å². The van der Waals surface area contributed by atoms with Crippen molar-refractivity contribution in [2.75, 3.05) is 0 Å². The second-order valence-corrected chi connectivity index (χ2v) is 1.86. The topological polar surface area (TPSA) is 15.8 Å². The van der Waals surface area contributed by atoms with Crippen molar-refractivity contribution in [1.29, 1.82) is 0 Å². The zero-order valence-corrected chi connectivity index (χ0v) is 4.65. The second kappa shape index (κ2) is 1.41. The van der Waals surface area contributed by atoms with Gasteiger partial charge in [0.2, 0.25) is 0 Å². The molecule has 0 aliphatic rings. The van der Waals surface area contributed by atoms with Crippen molar-refractivity contribution in [3.63, 3.8) is 0 Å². The van der Waals surface area contributed by atoms with Crippen LogP contribution in [0.5, 0.6) is 0 Å². The van der Waals surface area contributed by atoms with Gasteiger partial charge in [0.25, 0.3) is 0 Å². The molecule has 1 nitrogen and oxygen atoms in total. The van der Waals surface area contributed by atoms with Crippen LogP contribution in [0.3, 0.4) is 0 Å². The van der Waals surface area contributed by atoms with Gasteiger partial charge in [0.15, 0.2) is 0 Å². The van der Waals surface area contributed by atoms with Crippen LogP contribution in [0.25, 0.3) is 0 Å². The predicted molar refractivity (Wildman–Crippen MR) is 30.3 cm³/mol. The van der Waals surface area contributed by atoms with E-state index in [9.17, 15) is 0 Å². The maximum atomic E-state index is 3.07. The molecule has 0 aliphatic heterocycles. The summed E-state index contributed by atoms with van der Waals surface area (Å²) in [4.78, 5) is 3.07. The first-order valence-corrected chi connectivity index (χ1v) is 2.40. The third-order valence-electron chi connectivity index (χ3n) is 0.972. The largest absolute Gasteiger partial charge is 0.365 e. The monoisotopic (exact) mass is 97.1 g/mol. The minimum absolute atomic E-state index is 1.23. The molecule has 1 rings (SSSR count). The minimum Gasteiger partial charge on any atom is -0.365 e. The van der Waals surface area contributed by atoms with Crippen LogP contribution in [0.2, 0.25) is 0 Å². The summed E-state index contributed by atoms with van der Waals surface area (Å²) in [6, 6.07) is 2.11.